The van der Waals surface area contributed by atoms with Crippen molar-refractivity contribution in [3.05, 3.63) is 42.4 Å². The lowest BCUT2D eigenvalue weighted by molar-refractivity contribution is -0.764. The molecule has 0 amide bonds. The van der Waals surface area contributed by atoms with Crippen LogP contribution in [0.3, 0.4) is 0 Å². The molecule has 0 aliphatic carbocycles. The maximum Gasteiger partial charge on any atom is 0.248 e. The number of fused-ring (bicyclic) bond motifs is 1. The van der Waals surface area contributed by atoms with E-state index in [1.54, 1.807) is 11.8 Å². The smallest absolute Gasteiger partial charge is 0.248 e. The Morgan fingerprint density at radius 1 is 1.33 bits per heavy atom. The van der Waals surface area contributed by atoms with Crippen LogP contribution in [0.2, 0.25) is 0 Å². The lowest BCUT2D eigenvalue weighted by atomic mass is 10.1. The largest absolute Gasteiger partial charge is 0.253 e. The summed E-state index contributed by atoms with van der Waals surface area (Å²) in [5.41, 5.74) is 2.24. The monoisotopic (exact) mass is 385 g/mol. The summed E-state index contributed by atoms with van der Waals surface area (Å²) in [6, 6.07) is 0.320. The number of aryl methyl sites for hydroxylation is 1. The van der Waals surface area contributed by atoms with Crippen molar-refractivity contribution in [2.75, 3.05) is 19.3 Å². The second-order valence-corrected chi connectivity index (χ2v) is 8.32. The zero-order chi connectivity index (χ0) is 19.4. The number of rotatable bonds is 9. The Kier molecular flexibility index (Phi) is 6.11. The van der Waals surface area contributed by atoms with Crippen molar-refractivity contribution < 1.29 is 4.48 Å². The Labute approximate surface area is 166 Å². The minimum atomic E-state index is 0.320. The van der Waals surface area contributed by atoms with E-state index in [0.29, 0.717) is 6.04 Å². The molecule has 2 aliphatic heterocycles. The van der Waals surface area contributed by atoms with Gasteiger partial charge in [-0.3, -0.25) is 4.48 Å². The molecule has 0 saturated heterocycles. The van der Waals surface area contributed by atoms with Crippen molar-refractivity contribution >= 4 is 29.3 Å². The number of hydrogen-bond donors (Lipinski definition) is 0. The van der Waals surface area contributed by atoms with E-state index in [-0.39, 0.29) is 0 Å². The minimum Gasteiger partial charge on any atom is -0.253 e. The van der Waals surface area contributed by atoms with Crippen LogP contribution >= 0.6 is 11.8 Å². The van der Waals surface area contributed by atoms with E-state index in [1.165, 1.54) is 0 Å². The van der Waals surface area contributed by atoms with Crippen LogP contribution in [0.1, 0.15) is 45.0 Å². The van der Waals surface area contributed by atoms with E-state index in [4.69, 9.17) is 10.1 Å². The fourth-order valence-electron chi connectivity index (χ4n) is 3.58. The number of nitrogens with zero attached hydrogens (tertiary/aromatic N) is 6. The predicted molar refractivity (Wildman–Crippen MR) is 114 cm³/mol. The Morgan fingerprint density at radius 3 is 2.89 bits per heavy atom. The molecule has 0 N–H and O–H groups in total. The third kappa shape index (κ3) is 4.47. The normalized spacial score (nSPS) is 24.1. The highest BCUT2D eigenvalue weighted by Crippen LogP contribution is 2.27. The van der Waals surface area contributed by atoms with E-state index in [2.05, 4.69) is 50.2 Å². The van der Waals surface area contributed by atoms with Gasteiger partial charge in [-0.25, -0.2) is 9.67 Å². The van der Waals surface area contributed by atoms with Gasteiger partial charge in [0, 0.05) is 37.1 Å². The van der Waals surface area contributed by atoms with Crippen LogP contribution in [0.25, 0.3) is 0 Å². The number of thioether (sulfide) groups is 1. The molecule has 1 aromatic heterocycles. The molecule has 3 rings (SSSR count). The van der Waals surface area contributed by atoms with Gasteiger partial charge < -0.3 is 0 Å². The molecule has 3 heterocycles. The van der Waals surface area contributed by atoms with Gasteiger partial charge in [0.15, 0.2) is 5.82 Å². The Hall–Kier alpha value is -1.99. The minimum absolute atomic E-state index is 0.320. The summed E-state index contributed by atoms with van der Waals surface area (Å²) < 4.78 is 2.69. The molecular weight excluding hydrogens is 356 g/mol. The number of amidine groups is 1. The molecule has 0 aromatic carbocycles. The first-order valence-electron chi connectivity index (χ1n) is 9.43. The Morgan fingerprint density at radius 2 is 2.15 bits per heavy atom. The molecule has 2 unspecified atom stereocenters. The molecule has 2 aliphatic rings. The van der Waals surface area contributed by atoms with Crippen molar-refractivity contribution in [2.45, 2.75) is 45.6 Å². The van der Waals surface area contributed by atoms with Gasteiger partial charge in [-0.1, -0.05) is 12.7 Å². The molecular formula is C20H29N6S+. The van der Waals surface area contributed by atoms with Gasteiger partial charge >= 0.3 is 0 Å². The second kappa shape index (κ2) is 8.35. The van der Waals surface area contributed by atoms with E-state index in [9.17, 15) is 0 Å². The van der Waals surface area contributed by atoms with E-state index in [0.717, 1.165) is 71.5 Å². The molecule has 144 valence electrons. The Bertz CT molecular complexity index is 818. The lowest BCUT2D eigenvalue weighted by Gasteiger charge is -2.27. The summed E-state index contributed by atoms with van der Waals surface area (Å²) in [6.45, 7) is 12.8. The van der Waals surface area contributed by atoms with Crippen LogP contribution in [0.15, 0.2) is 46.5 Å². The number of hydrogen-bond acceptors (Lipinski definition) is 5. The highest BCUT2D eigenvalue weighted by atomic mass is 32.2. The van der Waals surface area contributed by atoms with Crippen LogP contribution in [-0.2, 0) is 6.42 Å². The van der Waals surface area contributed by atoms with Gasteiger partial charge in [-0.15, -0.1) is 18.3 Å². The van der Waals surface area contributed by atoms with Crippen LogP contribution in [0.5, 0.6) is 0 Å². The first-order valence-corrected chi connectivity index (χ1v) is 10.5. The SMILES string of the molecule is C=CCC[N+]1(C)C=C(CSC=C)N=C1CCc1nc2n(n1)C(C)CC(C)=N2. The first-order chi connectivity index (χ1) is 12.9. The summed E-state index contributed by atoms with van der Waals surface area (Å²) in [5, 5.41) is 6.56. The van der Waals surface area contributed by atoms with E-state index < -0.39 is 0 Å². The molecule has 0 saturated carbocycles. The van der Waals surface area contributed by atoms with Crippen LogP contribution < -0.4 is 0 Å². The van der Waals surface area contributed by atoms with Crippen molar-refractivity contribution in [3.8, 4) is 0 Å². The maximum atomic E-state index is 4.91. The van der Waals surface area contributed by atoms with Gasteiger partial charge in [-0.05, 0) is 19.3 Å². The highest BCUT2D eigenvalue weighted by Gasteiger charge is 2.33. The van der Waals surface area contributed by atoms with Crippen LogP contribution in [0, 0.1) is 0 Å². The zero-order valence-corrected chi connectivity index (χ0v) is 17.4. The molecule has 0 spiro atoms. The highest BCUT2D eigenvalue weighted by molar-refractivity contribution is 8.02. The number of aromatic nitrogens is 3. The van der Waals surface area contributed by atoms with Gasteiger partial charge in [-0.2, -0.15) is 15.1 Å². The van der Waals surface area contributed by atoms with Crippen molar-refractivity contribution in [1.82, 2.24) is 14.8 Å². The molecule has 6 nitrogen and oxygen atoms in total. The molecule has 1 aromatic rings. The molecule has 0 bridgehead atoms. The van der Waals surface area contributed by atoms with Gasteiger partial charge in [0.1, 0.15) is 11.9 Å². The fraction of sp³-hybridized carbons (Fsp3) is 0.500. The first kappa shape index (κ1) is 19.8. The third-order valence-electron chi connectivity index (χ3n) is 4.97. The molecule has 7 heteroatoms. The maximum absolute atomic E-state index is 4.91. The van der Waals surface area contributed by atoms with Gasteiger partial charge in [0.2, 0.25) is 11.8 Å². The lowest BCUT2D eigenvalue weighted by Crippen LogP contribution is -2.43. The zero-order valence-electron chi connectivity index (χ0n) is 16.6. The average molecular weight is 386 g/mol. The number of quaternary nitrogens is 1. The van der Waals surface area contributed by atoms with Crippen LogP contribution in [-0.4, -0.2) is 50.1 Å². The standard InChI is InChI=1S/C20H29N6S/c1-6-8-11-26(5)13-17(14-27-7-2)22-19(26)10-9-18-23-20-21-15(3)12-16(4)25(20)24-18/h6-7,13,16H,1-2,8-12,14H2,3-5H3/q+1. The van der Waals surface area contributed by atoms with Crippen molar-refractivity contribution in [3.63, 3.8) is 0 Å². The summed E-state index contributed by atoms with van der Waals surface area (Å²) in [4.78, 5) is 14.1. The van der Waals surface area contributed by atoms with Crippen molar-refractivity contribution in [1.29, 1.82) is 0 Å². The summed E-state index contributed by atoms with van der Waals surface area (Å²) in [7, 11) is 2.22. The molecule has 0 radical (unpaired) electrons. The molecule has 27 heavy (non-hydrogen) atoms. The Balaban J connectivity index is 1.73. The third-order valence-corrected chi connectivity index (χ3v) is 5.67. The topological polar surface area (TPSA) is 55.4 Å². The predicted octanol–water partition coefficient (Wildman–Crippen LogP) is 4.42. The fourth-order valence-corrected chi connectivity index (χ4v) is 4.01. The van der Waals surface area contributed by atoms with E-state index >= 15 is 0 Å². The summed E-state index contributed by atoms with van der Waals surface area (Å²) in [5.74, 6) is 3.61. The summed E-state index contributed by atoms with van der Waals surface area (Å²) >= 11 is 1.68. The van der Waals surface area contributed by atoms with Gasteiger partial charge in [0.25, 0.3) is 0 Å². The quantitative estimate of drug-likeness (QED) is 0.467. The number of aliphatic imine (C=N–C) groups is 2. The average Bonchev–Trinajstić information content (AvgIpc) is 3.17. The molecule has 0 fully saturated rings. The van der Waals surface area contributed by atoms with Crippen LogP contribution in [0.4, 0.5) is 5.95 Å². The van der Waals surface area contributed by atoms with Gasteiger partial charge in [0.05, 0.1) is 19.6 Å². The summed E-state index contributed by atoms with van der Waals surface area (Å²) in [6.07, 6.45) is 7.74. The van der Waals surface area contributed by atoms with E-state index in [1.807, 2.05) is 16.2 Å². The second-order valence-electron chi connectivity index (χ2n) is 7.37. The molecule has 2 atom stereocenters. The van der Waals surface area contributed by atoms with Crippen molar-refractivity contribution in [2.24, 2.45) is 9.98 Å².